The zero-order chi connectivity index (χ0) is 13.5. The van der Waals surface area contributed by atoms with Gasteiger partial charge in [-0.25, -0.2) is 9.97 Å². The van der Waals surface area contributed by atoms with Crippen LogP contribution in [0.4, 0.5) is 0 Å². The van der Waals surface area contributed by atoms with Gasteiger partial charge >= 0.3 is 0 Å². The fraction of sp³-hybridized carbons (Fsp3) is 0.333. The molecule has 1 unspecified atom stereocenters. The summed E-state index contributed by atoms with van der Waals surface area (Å²) in [4.78, 5) is 9.78. The van der Waals surface area contributed by atoms with E-state index in [4.69, 9.17) is 0 Å². The molecule has 4 heteroatoms. The molecule has 1 aromatic carbocycles. The van der Waals surface area contributed by atoms with Gasteiger partial charge in [0.15, 0.2) is 5.16 Å². The maximum atomic E-state index is 4.28. The van der Waals surface area contributed by atoms with Crippen molar-refractivity contribution in [1.29, 1.82) is 0 Å². The molecule has 0 saturated carbocycles. The van der Waals surface area contributed by atoms with Gasteiger partial charge in [0.2, 0.25) is 0 Å². The fourth-order valence-electron chi connectivity index (χ4n) is 2.02. The summed E-state index contributed by atoms with van der Waals surface area (Å²) in [6.07, 6.45) is 4.63. The number of rotatable bonds is 6. The van der Waals surface area contributed by atoms with Crippen LogP contribution in [0.1, 0.15) is 31.9 Å². The van der Waals surface area contributed by atoms with Crippen LogP contribution in [0.15, 0.2) is 52.8 Å². The lowest BCUT2D eigenvalue weighted by atomic mass is 10.0. The molecule has 3 nitrogen and oxygen atoms in total. The van der Waals surface area contributed by atoms with E-state index >= 15 is 0 Å². The Kier molecular flexibility index (Phi) is 5.36. The van der Waals surface area contributed by atoms with Crippen molar-refractivity contribution in [3.8, 4) is 0 Å². The number of benzene rings is 1. The van der Waals surface area contributed by atoms with Gasteiger partial charge in [-0.05, 0) is 42.4 Å². The van der Waals surface area contributed by atoms with Crippen molar-refractivity contribution in [2.24, 2.45) is 0 Å². The minimum Gasteiger partial charge on any atom is -0.310 e. The molecule has 0 aliphatic rings. The fourth-order valence-corrected chi connectivity index (χ4v) is 2.92. The van der Waals surface area contributed by atoms with Crippen LogP contribution in [0.5, 0.6) is 0 Å². The normalized spacial score (nSPS) is 12.3. The first-order valence-electron chi connectivity index (χ1n) is 6.62. The van der Waals surface area contributed by atoms with E-state index in [1.54, 1.807) is 24.2 Å². The second-order valence-corrected chi connectivity index (χ2v) is 5.20. The predicted molar refractivity (Wildman–Crippen MR) is 79.3 cm³/mol. The van der Waals surface area contributed by atoms with Crippen LogP contribution < -0.4 is 5.32 Å². The molecule has 0 spiro atoms. The lowest BCUT2D eigenvalue weighted by Gasteiger charge is -2.19. The number of hydrogen-bond donors (Lipinski definition) is 1. The third-order valence-corrected chi connectivity index (χ3v) is 3.88. The Morgan fingerprint density at radius 2 is 1.84 bits per heavy atom. The minimum absolute atomic E-state index is 0.386. The molecule has 0 saturated heterocycles. The molecule has 1 N–H and O–H groups in total. The van der Waals surface area contributed by atoms with Gasteiger partial charge < -0.3 is 5.32 Å². The van der Waals surface area contributed by atoms with Crippen LogP contribution >= 0.6 is 11.8 Å². The Hall–Kier alpha value is -1.39. The largest absolute Gasteiger partial charge is 0.310 e. The Bertz CT molecular complexity index is 502. The van der Waals surface area contributed by atoms with Crippen molar-refractivity contribution in [2.75, 3.05) is 6.54 Å². The third kappa shape index (κ3) is 3.78. The maximum Gasteiger partial charge on any atom is 0.192 e. The van der Waals surface area contributed by atoms with Crippen molar-refractivity contribution in [2.45, 2.75) is 36.4 Å². The van der Waals surface area contributed by atoms with E-state index in [-0.39, 0.29) is 0 Å². The lowest BCUT2D eigenvalue weighted by Crippen LogP contribution is -2.20. The molecule has 0 bridgehead atoms. The highest BCUT2D eigenvalue weighted by Crippen LogP contribution is 2.32. The van der Waals surface area contributed by atoms with Crippen molar-refractivity contribution < 1.29 is 0 Å². The van der Waals surface area contributed by atoms with Gasteiger partial charge in [-0.3, -0.25) is 0 Å². The van der Waals surface area contributed by atoms with Crippen LogP contribution in [0.3, 0.4) is 0 Å². The molecule has 2 rings (SSSR count). The molecule has 1 heterocycles. The Balaban J connectivity index is 2.25. The van der Waals surface area contributed by atoms with Crippen molar-refractivity contribution >= 4 is 11.8 Å². The second-order valence-electron chi connectivity index (χ2n) is 4.19. The van der Waals surface area contributed by atoms with Crippen molar-refractivity contribution in [3.05, 3.63) is 48.3 Å². The van der Waals surface area contributed by atoms with Gasteiger partial charge in [-0.15, -0.1) is 0 Å². The van der Waals surface area contributed by atoms with Crippen LogP contribution in [-0.4, -0.2) is 16.5 Å². The quantitative estimate of drug-likeness (QED) is 0.815. The van der Waals surface area contributed by atoms with Crippen LogP contribution in [-0.2, 0) is 0 Å². The SMILES string of the molecule is CCNC(CC)c1ccccc1Sc1ncccn1. The van der Waals surface area contributed by atoms with E-state index < -0.39 is 0 Å². The van der Waals surface area contributed by atoms with E-state index in [1.807, 2.05) is 6.07 Å². The van der Waals surface area contributed by atoms with Gasteiger partial charge in [0, 0.05) is 23.3 Å². The molecule has 0 fully saturated rings. The van der Waals surface area contributed by atoms with E-state index in [0.29, 0.717) is 6.04 Å². The number of aromatic nitrogens is 2. The Labute approximate surface area is 118 Å². The van der Waals surface area contributed by atoms with Crippen LogP contribution in [0.2, 0.25) is 0 Å². The number of nitrogens with one attached hydrogen (secondary N) is 1. The first-order chi connectivity index (χ1) is 9.35. The summed E-state index contributed by atoms with van der Waals surface area (Å²) in [6.45, 7) is 5.31. The van der Waals surface area contributed by atoms with Crippen LogP contribution in [0.25, 0.3) is 0 Å². The van der Waals surface area contributed by atoms with Crippen LogP contribution in [0, 0.1) is 0 Å². The van der Waals surface area contributed by atoms with Crippen molar-refractivity contribution in [1.82, 2.24) is 15.3 Å². The molecule has 1 atom stereocenters. The zero-order valence-electron chi connectivity index (χ0n) is 11.3. The average molecular weight is 273 g/mol. The van der Waals surface area contributed by atoms with Gasteiger partial charge in [-0.2, -0.15) is 0 Å². The summed E-state index contributed by atoms with van der Waals surface area (Å²) >= 11 is 1.62. The molecule has 0 aliphatic heterocycles. The number of hydrogen-bond acceptors (Lipinski definition) is 4. The molecule has 1 aromatic heterocycles. The molecule has 2 aromatic rings. The lowest BCUT2D eigenvalue weighted by molar-refractivity contribution is 0.530. The first-order valence-corrected chi connectivity index (χ1v) is 7.44. The van der Waals surface area contributed by atoms with Gasteiger partial charge in [-0.1, -0.05) is 32.0 Å². The summed E-state index contributed by atoms with van der Waals surface area (Å²) in [7, 11) is 0. The smallest absolute Gasteiger partial charge is 0.192 e. The second kappa shape index (κ2) is 7.26. The highest BCUT2D eigenvalue weighted by molar-refractivity contribution is 7.99. The van der Waals surface area contributed by atoms with Gasteiger partial charge in [0.25, 0.3) is 0 Å². The van der Waals surface area contributed by atoms with Gasteiger partial charge in [0.05, 0.1) is 0 Å². The topological polar surface area (TPSA) is 37.8 Å². The monoisotopic (exact) mass is 273 g/mol. The maximum absolute atomic E-state index is 4.28. The first kappa shape index (κ1) is 14.0. The molecular weight excluding hydrogens is 254 g/mol. The molecule has 0 aliphatic carbocycles. The molecular formula is C15H19N3S. The highest BCUT2D eigenvalue weighted by Gasteiger charge is 2.13. The summed E-state index contributed by atoms with van der Waals surface area (Å²) < 4.78 is 0. The van der Waals surface area contributed by atoms with Crippen molar-refractivity contribution in [3.63, 3.8) is 0 Å². The Morgan fingerprint density at radius 3 is 2.53 bits per heavy atom. The van der Waals surface area contributed by atoms with E-state index in [2.05, 4.69) is 53.4 Å². The number of nitrogens with zero attached hydrogens (tertiary/aromatic N) is 2. The minimum atomic E-state index is 0.386. The standard InChI is InChI=1S/C15H19N3S/c1-3-13(16-4-2)12-8-5-6-9-14(12)19-15-17-10-7-11-18-15/h5-11,13,16H,3-4H2,1-2H3. The van der Waals surface area contributed by atoms with E-state index in [1.165, 1.54) is 10.5 Å². The highest BCUT2D eigenvalue weighted by atomic mass is 32.2. The average Bonchev–Trinajstić information content (AvgIpc) is 2.47. The molecule has 0 amide bonds. The molecule has 100 valence electrons. The summed E-state index contributed by atoms with van der Waals surface area (Å²) in [5.41, 5.74) is 1.32. The molecule has 0 radical (unpaired) electrons. The zero-order valence-corrected chi connectivity index (χ0v) is 12.2. The Morgan fingerprint density at radius 1 is 1.11 bits per heavy atom. The molecule has 19 heavy (non-hydrogen) atoms. The van der Waals surface area contributed by atoms with E-state index in [0.717, 1.165) is 18.1 Å². The van der Waals surface area contributed by atoms with E-state index in [9.17, 15) is 0 Å². The summed E-state index contributed by atoms with van der Waals surface area (Å²) in [5, 5.41) is 4.31. The van der Waals surface area contributed by atoms with Gasteiger partial charge in [0.1, 0.15) is 0 Å². The summed E-state index contributed by atoms with van der Waals surface area (Å²) in [6, 6.07) is 10.7. The predicted octanol–water partition coefficient (Wildman–Crippen LogP) is 3.69. The summed E-state index contributed by atoms with van der Waals surface area (Å²) in [5.74, 6) is 0. The third-order valence-electron chi connectivity index (χ3n) is 2.90.